The van der Waals surface area contributed by atoms with E-state index < -0.39 is 5.41 Å². The fourth-order valence-corrected chi connectivity index (χ4v) is 7.19. The summed E-state index contributed by atoms with van der Waals surface area (Å²) in [7, 11) is 0. The SMILES string of the molecule is Cc1cc(C(c2ccccc2)(c2ccccc2)c2ccccc2)cc(C)c1OCCOc1ccc(CCCOCCOCCOCCOCCOCC#CCBr)cc1. The standard InChI is InChI=1S/C50H57BrO7/c1-41-39-47(50(44-16-6-3-7-17-44,45-18-8-4-9-19-45)46-20-10-5-11-21-46)40-42(2)49(41)58-38-37-57-48-24-22-43(23-25-48)15-14-28-53-30-32-55-34-36-56-35-33-54-31-29-52-27-13-12-26-51/h3-11,16-25,39-40H,14-15,26-38H2,1-2H3. The molecule has 306 valence electrons. The lowest BCUT2D eigenvalue weighted by Crippen LogP contribution is -2.31. The molecule has 0 heterocycles. The molecule has 0 saturated carbocycles. The molecule has 0 amide bonds. The van der Waals surface area contributed by atoms with Crippen molar-refractivity contribution in [3.8, 4) is 23.3 Å². The Hall–Kier alpha value is -4.46. The second-order valence-corrected chi connectivity index (χ2v) is 14.3. The molecule has 0 saturated heterocycles. The van der Waals surface area contributed by atoms with Gasteiger partial charge in [-0.3, -0.25) is 0 Å². The highest BCUT2D eigenvalue weighted by atomic mass is 79.9. The van der Waals surface area contributed by atoms with Crippen molar-refractivity contribution < 1.29 is 33.2 Å². The second-order valence-electron chi connectivity index (χ2n) is 13.7. The largest absolute Gasteiger partial charge is 0.490 e. The first-order chi connectivity index (χ1) is 28.6. The van der Waals surface area contributed by atoms with E-state index in [9.17, 15) is 0 Å². The van der Waals surface area contributed by atoms with Crippen molar-refractivity contribution >= 4 is 15.9 Å². The molecule has 7 nitrogen and oxygen atoms in total. The Labute approximate surface area is 354 Å². The minimum Gasteiger partial charge on any atom is -0.490 e. The predicted octanol–water partition coefficient (Wildman–Crippen LogP) is 9.56. The van der Waals surface area contributed by atoms with Crippen LogP contribution in [0.3, 0.4) is 0 Å². The molecular formula is C50H57BrO7. The molecule has 8 heteroatoms. The van der Waals surface area contributed by atoms with Gasteiger partial charge in [-0.25, -0.2) is 0 Å². The van der Waals surface area contributed by atoms with Crippen molar-refractivity contribution in [3.63, 3.8) is 0 Å². The summed E-state index contributed by atoms with van der Waals surface area (Å²) in [6.07, 6.45) is 1.87. The number of alkyl halides is 1. The van der Waals surface area contributed by atoms with Crippen LogP contribution in [-0.4, -0.2) is 84.6 Å². The fourth-order valence-electron chi connectivity index (χ4n) is 6.99. The van der Waals surface area contributed by atoms with Gasteiger partial charge >= 0.3 is 0 Å². The van der Waals surface area contributed by atoms with Crippen LogP contribution in [0, 0.1) is 25.7 Å². The van der Waals surface area contributed by atoms with Gasteiger partial charge in [0, 0.05) is 6.61 Å². The Morgan fingerprint density at radius 1 is 0.466 bits per heavy atom. The first kappa shape index (κ1) is 44.6. The maximum absolute atomic E-state index is 6.38. The Bertz CT molecular complexity index is 1810. The summed E-state index contributed by atoms with van der Waals surface area (Å²) in [6.45, 7) is 10.6. The summed E-state index contributed by atoms with van der Waals surface area (Å²) < 4.78 is 40.1. The first-order valence-electron chi connectivity index (χ1n) is 20.2. The first-order valence-corrected chi connectivity index (χ1v) is 21.3. The summed E-state index contributed by atoms with van der Waals surface area (Å²) in [6, 6.07) is 45.2. The van der Waals surface area contributed by atoms with Gasteiger partial charge in [-0.1, -0.05) is 143 Å². The minimum absolute atomic E-state index is 0.427. The fraction of sp³-hybridized carbons (Fsp3) is 0.360. The van der Waals surface area contributed by atoms with Gasteiger partial charge in [-0.05, 0) is 77.8 Å². The van der Waals surface area contributed by atoms with Crippen LogP contribution in [0.1, 0.15) is 45.4 Å². The molecule has 0 aliphatic heterocycles. The van der Waals surface area contributed by atoms with E-state index in [4.69, 9.17) is 33.2 Å². The molecule has 0 atom stereocenters. The lowest BCUT2D eigenvalue weighted by Gasteiger charge is -2.37. The van der Waals surface area contributed by atoms with Gasteiger partial charge in [0.1, 0.15) is 31.3 Å². The highest BCUT2D eigenvalue weighted by Crippen LogP contribution is 2.46. The average molecular weight is 850 g/mol. The molecule has 5 aromatic carbocycles. The third-order valence-corrected chi connectivity index (χ3v) is 9.92. The molecule has 0 unspecified atom stereocenters. The van der Waals surface area contributed by atoms with Gasteiger partial charge in [-0.2, -0.15) is 0 Å². The van der Waals surface area contributed by atoms with E-state index in [0.29, 0.717) is 84.6 Å². The van der Waals surface area contributed by atoms with Crippen molar-refractivity contribution in [3.05, 3.63) is 166 Å². The Morgan fingerprint density at radius 3 is 1.40 bits per heavy atom. The van der Waals surface area contributed by atoms with E-state index in [-0.39, 0.29) is 0 Å². The van der Waals surface area contributed by atoms with Crippen molar-refractivity contribution in [2.75, 3.05) is 84.6 Å². The monoisotopic (exact) mass is 848 g/mol. The molecule has 0 aliphatic carbocycles. The highest BCUT2D eigenvalue weighted by Gasteiger charge is 2.38. The Kier molecular flexibility index (Phi) is 19.9. The van der Waals surface area contributed by atoms with Crippen molar-refractivity contribution in [2.45, 2.75) is 32.1 Å². The number of hydrogen-bond acceptors (Lipinski definition) is 7. The molecule has 0 radical (unpaired) electrons. The summed E-state index contributed by atoms with van der Waals surface area (Å²) >= 11 is 3.25. The van der Waals surface area contributed by atoms with E-state index >= 15 is 0 Å². The molecular weight excluding hydrogens is 792 g/mol. The third kappa shape index (κ3) is 13.8. The molecule has 0 spiro atoms. The number of hydrogen-bond donors (Lipinski definition) is 0. The molecule has 5 aromatic rings. The van der Waals surface area contributed by atoms with Crippen molar-refractivity contribution in [2.24, 2.45) is 0 Å². The number of aryl methyl sites for hydroxylation is 3. The van der Waals surface area contributed by atoms with Crippen LogP contribution in [0.4, 0.5) is 0 Å². The van der Waals surface area contributed by atoms with Crippen LogP contribution in [-0.2, 0) is 35.5 Å². The molecule has 58 heavy (non-hydrogen) atoms. The highest BCUT2D eigenvalue weighted by molar-refractivity contribution is 9.09. The normalized spacial score (nSPS) is 11.2. The predicted molar refractivity (Wildman–Crippen MR) is 236 cm³/mol. The molecule has 0 aliphatic rings. The van der Waals surface area contributed by atoms with E-state index in [1.165, 1.54) is 27.8 Å². The van der Waals surface area contributed by atoms with Gasteiger partial charge in [0.25, 0.3) is 0 Å². The van der Waals surface area contributed by atoms with Gasteiger partial charge < -0.3 is 33.2 Å². The second kappa shape index (κ2) is 25.8. The summed E-state index contributed by atoms with van der Waals surface area (Å²) in [5.41, 5.74) is 7.80. The average Bonchev–Trinajstić information content (AvgIpc) is 3.26. The van der Waals surface area contributed by atoms with Crippen molar-refractivity contribution in [1.29, 1.82) is 0 Å². The molecule has 0 fully saturated rings. The zero-order valence-electron chi connectivity index (χ0n) is 34.0. The van der Waals surface area contributed by atoms with Crippen LogP contribution < -0.4 is 9.47 Å². The van der Waals surface area contributed by atoms with Gasteiger partial charge in [0.2, 0.25) is 0 Å². The topological polar surface area (TPSA) is 64.6 Å². The van der Waals surface area contributed by atoms with Crippen LogP contribution in [0.15, 0.2) is 127 Å². The third-order valence-electron chi connectivity index (χ3n) is 9.64. The van der Waals surface area contributed by atoms with Crippen LogP contribution in [0.25, 0.3) is 0 Å². The number of halogens is 1. The van der Waals surface area contributed by atoms with E-state index in [2.05, 4.69) is 157 Å². The lowest BCUT2D eigenvalue weighted by atomic mass is 9.64. The maximum Gasteiger partial charge on any atom is 0.125 e. The van der Waals surface area contributed by atoms with E-state index in [0.717, 1.165) is 35.5 Å². The molecule has 0 aromatic heterocycles. The summed E-state index contributed by atoms with van der Waals surface area (Å²) in [4.78, 5) is 0. The Balaban J connectivity index is 0.992. The zero-order chi connectivity index (χ0) is 40.5. The number of rotatable bonds is 26. The summed E-state index contributed by atoms with van der Waals surface area (Å²) in [5.74, 6) is 7.50. The van der Waals surface area contributed by atoms with Crippen LogP contribution in [0.5, 0.6) is 11.5 Å². The van der Waals surface area contributed by atoms with E-state index in [1.807, 2.05) is 12.1 Å². The molecule has 0 bridgehead atoms. The maximum atomic E-state index is 6.38. The van der Waals surface area contributed by atoms with Crippen molar-refractivity contribution in [1.82, 2.24) is 0 Å². The van der Waals surface area contributed by atoms with Gasteiger partial charge in [-0.15, -0.1) is 0 Å². The molecule has 5 rings (SSSR count). The zero-order valence-corrected chi connectivity index (χ0v) is 35.6. The number of benzene rings is 5. The van der Waals surface area contributed by atoms with Crippen LogP contribution in [0.2, 0.25) is 0 Å². The lowest BCUT2D eigenvalue weighted by molar-refractivity contribution is -0.00925. The number of ether oxygens (including phenoxy) is 7. The smallest absolute Gasteiger partial charge is 0.125 e. The van der Waals surface area contributed by atoms with Gasteiger partial charge in [0.15, 0.2) is 0 Å². The summed E-state index contributed by atoms with van der Waals surface area (Å²) in [5, 5.41) is 0.662. The minimum atomic E-state index is -0.497. The van der Waals surface area contributed by atoms with Crippen LogP contribution >= 0.6 is 15.9 Å². The molecule has 0 N–H and O–H groups in total. The quantitative estimate of drug-likeness (QED) is 0.0238. The Morgan fingerprint density at radius 2 is 0.914 bits per heavy atom. The van der Waals surface area contributed by atoms with Gasteiger partial charge in [0.05, 0.1) is 63.6 Å². The van der Waals surface area contributed by atoms with E-state index in [1.54, 1.807) is 0 Å².